The van der Waals surface area contributed by atoms with Crippen molar-refractivity contribution in [1.29, 1.82) is 0 Å². The van der Waals surface area contributed by atoms with Crippen molar-refractivity contribution < 1.29 is 4.79 Å². The Bertz CT molecular complexity index is 368. The largest absolute Gasteiger partial charge is 0.350 e. The van der Waals surface area contributed by atoms with Crippen LogP contribution in [0.2, 0.25) is 0 Å². The number of pyridine rings is 1. The summed E-state index contributed by atoms with van der Waals surface area (Å²) in [6.45, 7) is 2.69. The summed E-state index contributed by atoms with van der Waals surface area (Å²) in [6.07, 6.45) is 1.61. The number of amides is 1. The predicted octanol–water partition coefficient (Wildman–Crippen LogP) is 1.52. The van der Waals surface area contributed by atoms with Crippen molar-refractivity contribution in [3.63, 3.8) is 0 Å². The molecule has 0 saturated carbocycles. The molecule has 5 heteroatoms. The highest BCUT2D eigenvalue weighted by molar-refractivity contribution is 9.10. The van der Waals surface area contributed by atoms with Crippen LogP contribution in [0.25, 0.3) is 0 Å². The molecule has 0 aliphatic carbocycles. The van der Waals surface area contributed by atoms with Crippen LogP contribution >= 0.6 is 15.9 Å². The van der Waals surface area contributed by atoms with Crippen LogP contribution in [0.15, 0.2) is 22.9 Å². The van der Waals surface area contributed by atoms with E-state index in [2.05, 4.69) is 38.1 Å². The lowest BCUT2D eigenvalue weighted by atomic mass is 10.2. The van der Waals surface area contributed by atoms with E-state index in [1.54, 1.807) is 18.3 Å². The normalized spacial score (nSPS) is 12.6. The molecule has 1 rings (SSSR count). The van der Waals surface area contributed by atoms with Gasteiger partial charge >= 0.3 is 0 Å². The third-order valence-corrected chi connectivity index (χ3v) is 2.86. The van der Waals surface area contributed by atoms with Gasteiger partial charge in [-0.25, -0.2) is 4.98 Å². The van der Waals surface area contributed by atoms with Gasteiger partial charge in [0.2, 0.25) is 0 Å². The number of carbonyl (C=O) groups is 1. The first-order valence-corrected chi connectivity index (χ1v) is 5.86. The first-order valence-electron chi connectivity index (χ1n) is 5.07. The molecule has 1 N–H and O–H groups in total. The highest BCUT2D eigenvalue weighted by atomic mass is 79.9. The van der Waals surface area contributed by atoms with Gasteiger partial charge in [-0.05, 0) is 49.1 Å². The van der Waals surface area contributed by atoms with Gasteiger partial charge < -0.3 is 10.2 Å². The average molecular weight is 286 g/mol. The molecule has 16 heavy (non-hydrogen) atoms. The number of hydrogen-bond donors (Lipinski definition) is 1. The number of nitrogens with one attached hydrogen (secondary N) is 1. The molecular formula is C11H16BrN3O. The molecule has 4 nitrogen and oxygen atoms in total. The first kappa shape index (κ1) is 13.1. The Balaban J connectivity index is 2.53. The summed E-state index contributed by atoms with van der Waals surface area (Å²) >= 11 is 3.23. The molecule has 0 fully saturated rings. The van der Waals surface area contributed by atoms with E-state index in [9.17, 15) is 4.79 Å². The second kappa shape index (κ2) is 5.96. The summed E-state index contributed by atoms with van der Waals surface area (Å²) in [7, 11) is 3.97. The molecule has 1 atom stereocenters. The molecule has 0 aliphatic rings. The molecule has 0 bridgehead atoms. The van der Waals surface area contributed by atoms with Crippen LogP contribution in [0.5, 0.6) is 0 Å². The standard InChI is InChI=1S/C11H16BrN3O/c1-8(15(2)3)7-14-11(16)9-4-5-13-10(12)6-9/h4-6,8H,7H2,1-3H3,(H,14,16). The third-order valence-electron chi connectivity index (χ3n) is 2.43. The van der Waals surface area contributed by atoms with E-state index in [1.165, 1.54) is 0 Å². The Kier molecular flexibility index (Phi) is 4.89. The molecule has 0 radical (unpaired) electrons. The molecule has 0 spiro atoms. The van der Waals surface area contributed by atoms with Crippen molar-refractivity contribution in [2.24, 2.45) is 0 Å². The van der Waals surface area contributed by atoms with E-state index < -0.39 is 0 Å². The summed E-state index contributed by atoms with van der Waals surface area (Å²) in [5, 5.41) is 2.88. The number of rotatable bonds is 4. The minimum absolute atomic E-state index is 0.0724. The number of carbonyl (C=O) groups excluding carboxylic acids is 1. The SMILES string of the molecule is CC(CNC(=O)c1ccnc(Br)c1)N(C)C. The van der Waals surface area contributed by atoms with Crippen LogP contribution in [0, 0.1) is 0 Å². The van der Waals surface area contributed by atoms with E-state index >= 15 is 0 Å². The molecule has 0 aromatic carbocycles. The van der Waals surface area contributed by atoms with Gasteiger partial charge in [-0.2, -0.15) is 0 Å². The fraction of sp³-hybridized carbons (Fsp3) is 0.455. The van der Waals surface area contributed by atoms with Gasteiger partial charge in [-0.15, -0.1) is 0 Å². The Labute approximate surface area is 104 Å². The third kappa shape index (κ3) is 3.90. The van der Waals surface area contributed by atoms with Crippen molar-refractivity contribution in [3.05, 3.63) is 28.5 Å². The monoisotopic (exact) mass is 285 g/mol. The summed E-state index contributed by atoms with van der Waals surface area (Å²) in [5.41, 5.74) is 0.618. The smallest absolute Gasteiger partial charge is 0.251 e. The Morgan fingerprint density at radius 3 is 2.88 bits per heavy atom. The Morgan fingerprint density at radius 1 is 1.62 bits per heavy atom. The molecule has 1 aromatic heterocycles. The average Bonchev–Trinajstić information content (AvgIpc) is 2.25. The van der Waals surface area contributed by atoms with E-state index in [1.807, 2.05) is 14.1 Å². The van der Waals surface area contributed by atoms with Crippen LogP contribution in [0.3, 0.4) is 0 Å². The zero-order valence-corrected chi connectivity index (χ0v) is 11.3. The highest BCUT2D eigenvalue weighted by Gasteiger charge is 2.09. The topological polar surface area (TPSA) is 45.2 Å². The molecular weight excluding hydrogens is 270 g/mol. The fourth-order valence-corrected chi connectivity index (χ4v) is 1.43. The van der Waals surface area contributed by atoms with E-state index in [0.29, 0.717) is 22.8 Å². The van der Waals surface area contributed by atoms with Gasteiger partial charge in [0.05, 0.1) is 0 Å². The Hall–Kier alpha value is -0.940. The minimum Gasteiger partial charge on any atom is -0.350 e. The van der Waals surface area contributed by atoms with Gasteiger partial charge in [-0.3, -0.25) is 4.79 Å². The lowest BCUT2D eigenvalue weighted by Crippen LogP contribution is -2.38. The van der Waals surface area contributed by atoms with Crippen molar-refractivity contribution in [2.75, 3.05) is 20.6 Å². The van der Waals surface area contributed by atoms with Crippen LogP contribution in [0.4, 0.5) is 0 Å². The van der Waals surface area contributed by atoms with Crippen molar-refractivity contribution in [3.8, 4) is 0 Å². The maximum atomic E-state index is 11.7. The van der Waals surface area contributed by atoms with Crippen LogP contribution in [-0.4, -0.2) is 42.5 Å². The predicted molar refractivity (Wildman–Crippen MR) is 67.4 cm³/mol. The van der Waals surface area contributed by atoms with Crippen LogP contribution in [0.1, 0.15) is 17.3 Å². The lowest BCUT2D eigenvalue weighted by Gasteiger charge is -2.19. The van der Waals surface area contributed by atoms with Gasteiger partial charge in [0.15, 0.2) is 0 Å². The molecule has 1 unspecified atom stereocenters. The van der Waals surface area contributed by atoms with Crippen LogP contribution < -0.4 is 5.32 Å². The van der Waals surface area contributed by atoms with Crippen molar-refractivity contribution in [2.45, 2.75) is 13.0 Å². The zero-order valence-electron chi connectivity index (χ0n) is 9.70. The second-order valence-corrected chi connectivity index (χ2v) is 4.70. The highest BCUT2D eigenvalue weighted by Crippen LogP contribution is 2.07. The maximum absolute atomic E-state index is 11.7. The molecule has 1 aromatic rings. The number of nitrogens with zero attached hydrogens (tertiary/aromatic N) is 2. The second-order valence-electron chi connectivity index (χ2n) is 3.89. The van der Waals surface area contributed by atoms with Crippen LogP contribution in [-0.2, 0) is 0 Å². The molecule has 0 saturated heterocycles. The molecule has 0 aliphatic heterocycles. The quantitative estimate of drug-likeness (QED) is 0.854. The number of hydrogen-bond acceptors (Lipinski definition) is 3. The van der Waals surface area contributed by atoms with Gasteiger partial charge in [0, 0.05) is 24.3 Å². The number of likely N-dealkylation sites (N-methyl/N-ethyl adjacent to an activating group) is 1. The van der Waals surface area contributed by atoms with Gasteiger partial charge in [0.1, 0.15) is 4.60 Å². The van der Waals surface area contributed by atoms with E-state index in [-0.39, 0.29) is 5.91 Å². The first-order chi connectivity index (χ1) is 7.50. The van der Waals surface area contributed by atoms with Crippen molar-refractivity contribution >= 4 is 21.8 Å². The molecule has 1 amide bonds. The summed E-state index contributed by atoms with van der Waals surface area (Å²) < 4.78 is 0.667. The zero-order chi connectivity index (χ0) is 12.1. The summed E-state index contributed by atoms with van der Waals surface area (Å²) in [5.74, 6) is -0.0724. The molecule has 88 valence electrons. The molecule has 1 heterocycles. The van der Waals surface area contributed by atoms with E-state index in [4.69, 9.17) is 0 Å². The number of halogens is 1. The van der Waals surface area contributed by atoms with E-state index in [0.717, 1.165) is 0 Å². The number of aromatic nitrogens is 1. The van der Waals surface area contributed by atoms with Gasteiger partial charge in [0.25, 0.3) is 5.91 Å². The van der Waals surface area contributed by atoms with Crippen molar-refractivity contribution in [1.82, 2.24) is 15.2 Å². The summed E-state index contributed by atoms with van der Waals surface area (Å²) in [6, 6.07) is 3.71. The Morgan fingerprint density at radius 2 is 2.31 bits per heavy atom. The lowest BCUT2D eigenvalue weighted by molar-refractivity contribution is 0.0943. The maximum Gasteiger partial charge on any atom is 0.251 e. The van der Waals surface area contributed by atoms with Gasteiger partial charge in [-0.1, -0.05) is 0 Å². The fourth-order valence-electron chi connectivity index (χ4n) is 1.07. The minimum atomic E-state index is -0.0724. The summed E-state index contributed by atoms with van der Waals surface area (Å²) in [4.78, 5) is 17.8.